The molecule has 0 radical (unpaired) electrons. The SMILES string of the molecule is CON(C)C(=O)CNCCc1ccccc1. The highest BCUT2D eigenvalue weighted by molar-refractivity contribution is 5.76. The number of nitrogens with one attached hydrogen (secondary N) is 1. The highest BCUT2D eigenvalue weighted by atomic mass is 16.7. The molecule has 0 bridgehead atoms. The maximum absolute atomic E-state index is 11.3. The molecule has 0 atom stereocenters. The molecule has 0 aliphatic carbocycles. The van der Waals surface area contributed by atoms with Gasteiger partial charge in [0.2, 0.25) is 0 Å². The maximum Gasteiger partial charge on any atom is 0.259 e. The zero-order chi connectivity index (χ0) is 11.8. The molecule has 0 aliphatic rings. The second kappa shape index (κ2) is 6.98. The molecule has 1 aromatic rings. The summed E-state index contributed by atoms with van der Waals surface area (Å²) < 4.78 is 0. The van der Waals surface area contributed by atoms with Crippen LogP contribution in [0.4, 0.5) is 0 Å². The van der Waals surface area contributed by atoms with E-state index in [9.17, 15) is 4.79 Å². The van der Waals surface area contributed by atoms with Crippen LogP contribution in [0.3, 0.4) is 0 Å². The van der Waals surface area contributed by atoms with E-state index in [1.807, 2.05) is 18.2 Å². The monoisotopic (exact) mass is 222 g/mol. The molecule has 88 valence electrons. The van der Waals surface area contributed by atoms with Gasteiger partial charge in [-0.15, -0.1) is 0 Å². The highest BCUT2D eigenvalue weighted by Crippen LogP contribution is 1.97. The Morgan fingerprint density at radius 2 is 2.06 bits per heavy atom. The third-order valence-corrected chi connectivity index (χ3v) is 2.33. The van der Waals surface area contributed by atoms with Gasteiger partial charge in [-0.3, -0.25) is 9.63 Å². The van der Waals surface area contributed by atoms with Crippen LogP contribution >= 0.6 is 0 Å². The largest absolute Gasteiger partial charge is 0.308 e. The first-order valence-corrected chi connectivity index (χ1v) is 5.29. The van der Waals surface area contributed by atoms with Crippen LogP contribution in [0.2, 0.25) is 0 Å². The number of carbonyl (C=O) groups is 1. The Morgan fingerprint density at radius 3 is 2.69 bits per heavy atom. The molecule has 4 heteroatoms. The minimum Gasteiger partial charge on any atom is -0.308 e. The number of carbonyl (C=O) groups excluding carboxylic acids is 1. The summed E-state index contributed by atoms with van der Waals surface area (Å²) in [6.45, 7) is 1.09. The fourth-order valence-corrected chi connectivity index (χ4v) is 1.29. The molecule has 16 heavy (non-hydrogen) atoms. The van der Waals surface area contributed by atoms with Gasteiger partial charge in [0.1, 0.15) is 0 Å². The Balaban J connectivity index is 2.15. The number of nitrogens with zero attached hydrogens (tertiary/aromatic N) is 1. The summed E-state index contributed by atoms with van der Waals surface area (Å²) in [4.78, 5) is 16.1. The van der Waals surface area contributed by atoms with Crippen LogP contribution in [-0.2, 0) is 16.1 Å². The number of hydrogen-bond acceptors (Lipinski definition) is 3. The van der Waals surface area contributed by atoms with Crippen LogP contribution in [0, 0.1) is 0 Å². The Hall–Kier alpha value is -1.39. The van der Waals surface area contributed by atoms with Gasteiger partial charge >= 0.3 is 0 Å². The Bertz CT molecular complexity index is 314. The topological polar surface area (TPSA) is 41.6 Å². The summed E-state index contributed by atoms with van der Waals surface area (Å²) in [6, 6.07) is 10.2. The molecule has 0 aliphatic heterocycles. The van der Waals surface area contributed by atoms with Crippen LogP contribution in [0.5, 0.6) is 0 Å². The quantitative estimate of drug-likeness (QED) is 0.573. The van der Waals surface area contributed by atoms with Crippen molar-refractivity contribution in [3.63, 3.8) is 0 Å². The van der Waals surface area contributed by atoms with Crippen LogP contribution in [0.1, 0.15) is 5.56 Å². The van der Waals surface area contributed by atoms with E-state index in [0.717, 1.165) is 13.0 Å². The smallest absolute Gasteiger partial charge is 0.259 e. The minimum atomic E-state index is -0.0736. The molecule has 1 rings (SSSR count). The predicted molar refractivity (Wildman–Crippen MR) is 62.8 cm³/mol. The Kier molecular flexibility index (Phi) is 5.53. The summed E-state index contributed by atoms with van der Waals surface area (Å²) in [7, 11) is 3.07. The molecule has 0 spiro atoms. The zero-order valence-electron chi connectivity index (χ0n) is 9.77. The summed E-state index contributed by atoms with van der Waals surface area (Å²) in [5.41, 5.74) is 1.27. The van der Waals surface area contributed by atoms with Gasteiger partial charge in [0.25, 0.3) is 5.91 Å². The molecule has 0 saturated heterocycles. The summed E-state index contributed by atoms with van der Waals surface area (Å²) >= 11 is 0. The molecule has 0 fully saturated rings. The summed E-state index contributed by atoms with van der Waals surface area (Å²) in [5, 5.41) is 4.30. The van der Waals surface area contributed by atoms with Gasteiger partial charge in [-0.2, -0.15) is 0 Å². The van der Waals surface area contributed by atoms with E-state index < -0.39 is 0 Å². The number of amides is 1. The first kappa shape index (κ1) is 12.7. The molecule has 1 N–H and O–H groups in total. The predicted octanol–water partition coefficient (Wildman–Crippen LogP) is 0.838. The first-order chi connectivity index (χ1) is 7.74. The lowest BCUT2D eigenvalue weighted by Crippen LogP contribution is -2.35. The molecule has 0 aromatic heterocycles. The van der Waals surface area contributed by atoms with Crippen molar-refractivity contribution in [1.29, 1.82) is 0 Å². The van der Waals surface area contributed by atoms with Crippen LogP contribution in [0.25, 0.3) is 0 Å². The fourth-order valence-electron chi connectivity index (χ4n) is 1.29. The van der Waals surface area contributed by atoms with Crippen molar-refractivity contribution in [3.8, 4) is 0 Å². The van der Waals surface area contributed by atoms with Crippen molar-refractivity contribution in [3.05, 3.63) is 35.9 Å². The van der Waals surface area contributed by atoms with E-state index in [0.29, 0.717) is 6.54 Å². The lowest BCUT2D eigenvalue weighted by Gasteiger charge is -2.13. The highest BCUT2D eigenvalue weighted by Gasteiger charge is 2.05. The molecular formula is C12H18N2O2. The van der Waals surface area contributed by atoms with Crippen molar-refractivity contribution in [2.75, 3.05) is 27.2 Å². The molecular weight excluding hydrogens is 204 g/mol. The van der Waals surface area contributed by atoms with Gasteiger partial charge in [-0.1, -0.05) is 30.3 Å². The standard InChI is InChI=1S/C12H18N2O2/c1-14(16-2)12(15)10-13-9-8-11-6-4-3-5-7-11/h3-7,13H,8-10H2,1-2H3. The van der Waals surface area contributed by atoms with Crippen molar-refractivity contribution in [2.45, 2.75) is 6.42 Å². The Morgan fingerprint density at radius 1 is 1.38 bits per heavy atom. The number of rotatable bonds is 6. The van der Waals surface area contributed by atoms with Crippen molar-refractivity contribution in [1.82, 2.24) is 10.4 Å². The van der Waals surface area contributed by atoms with E-state index >= 15 is 0 Å². The molecule has 0 unspecified atom stereocenters. The minimum absolute atomic E-state index is 0.0736. The van der Waals surface area contributed by atoms with E-state index in [2.05, 4.69) is 17.4 Å². The number of hydrogen-bond donors (Lipinski definition) is 1. The van der Waals surface area contributed by atoms with Crippen LogP contribution < -0.4 is 5.32 Å². The third-order valence-electron chi connectivity index (χ3n) is 2.33. The van der Waals surface area contributed by atoms with E-state index in [1.54, 1.807) is 7.05 Å². The van der Waals surface area contributed by atoms with Crippen LogP contribution in [-0.4, -0.2) is 38.2 Å². The van der Waals surface area contributed by atoms with Gasteiger partial charge in [0.15, 0.2) is 0 Å². The van der Waals surface area contributed by atoms with Gasteiger partial charge in [0, 0.05) is 7.05 Å². The summed E-state index contributed by atoms with van der Waals surface area (Å²) in [6.07, 6.45) is 0.921. The molecule has 4 nitrogen and oxygen atoms in total. The number of likely N-dealkylation sites (N-methyl/N-ethyl adjacent to an activating group) is 1. The lowest BCUT2D eigenvalue weighted by atomic mass is 10.1. The normalized spacial score (nSPS) is 10.1. The van der Waals surface area contributed by atoms with E-state index in [4.69, 9.17) is 4.84 Å². The van der Waals surface area contributed by atoms with Gasteiger partial charge in [0.05, 0.1) is 13.7 Å². The second-order valence-electron chi connectivity index (χ2n) is 3.49. The van der Waals surface area contributed by atoms with E-state index in [-0.39, 0.29) is 5.91 Å². The lowest BCUT2D eigenvalue weighted by molar-refractivity contribution is -0.167. The van der Waals surface area contributed by atoms with E-state index in [1.165, 1.54) is 17.7 Å². The van der Waals surface area contributed by atoms with Gasteiger partial charge in [-0.05, 0) is 18.5 Å². The first-order valence-electron chi connectivity index (χ1n) is 5.29. The number of hydroxylamine groups is 2. The Labute approximate surface area is 96.2 Å². The number of benzene rings is 1. The van der Waals surface area contributed by atoms with Gasteiger partial charge in [-0.25, -0.2) is 5.06 Å². The maximum atomic E-state index is 11.3. The molecule has 0 saturated carbocycles. The van der Waals surface area contributed by atoms with Crippen molar-refractivity contribution in [2.24, 2.45) is 0 Å². The second-order valence-corrected chi connectivity index (χ2v) is 3.49. The molecule has 1 amide bonds. The average molecular weight is 222 g/mol. The third kappa shape index (κ3) is 4.42. The molecule has 1 aromatic carbocycles. The van der Waals surface area contributed by atoms with Gasteiger partial charge < -0.3 is 5.32 Å². The fraction of sp³-hybridized carbons (Fsp3) is 0.417. The van der Waals surface area contributed by atoms with Crippen molar-refractivity contribution >= 4 is 5.91 Å². The zero-order valence-corrected chi connectivity index (χ0v) is 9.77. The molecule has 0 heterocycles. The van der Waals surface area contributed by atoms with Crippen molar-refractivity contribution < 1.29 is 9.63 Å². The summed E-state index contributed by atoms with van der Waals surface area (Å²) in [5.74, 6) is -0.0736. The van der Waals surface area contributed by atoms with Crippen LogP contribution in [0.15, 0.2) is 30.3 Å². The average Bonchev–Trinajstić information content (AvgIpc) is 2.34.